The van der Waals surface area contributed by atoms with Gasteiger partial charge < -0.3 is 10.2 Å². The third-order valence-electron chi connectivity index (χ3n) is 3.33. The Morgan fingerprint density at radius 3 is 2.64 bits per heavy atom. The molecule has 1 saturated heterocycles. The van der Waals surface area contributed by atoms with Crippen LogP contribution in [0.5, 0.6) is 0 Å². The molecule has 0 aromatic carbocycles. The van der Waals surface area contributed by atoms with E-state index in [1.807, 2.05) is 0 Å². The second-order valence-corrected chi connectivity index (χ2v) is 5.13. The minimum absolute atomic E-state index is 0.671. The zero-order chi connectivity index (χ0) is 10.6. The quantitative estimate of drug-likeness (QED) is 0.743. The summed E-state index contributed by atoms with van der Waals surface area (Å²) in [6, 6.07) is 0.671. The predicted molar refractivity (Wildman–Crippen MR) is 62.5 cm³/mol. The molecule has 2 nitrogen and oxygen atoms in total. The van der Waals surface area contributed by atoms with Crippen LogP contribution in [0.3, 0.4) is 0 Å². The lowest BCUT2D eigenvalue weighted by Gasteiger charge is -2.36. The van der Waals surface area contributed by atoms with E-state index in [0.29, 0.717) is 6.04 Å². The largest absolute Gasteiger partial charge is 0.317 e. The molecule has 0 spiro atoms. The molecule has 2 atom stereocenters. The van der Waals surface area contributed by atoms with E-state index in [2.05, 4.69) is 38.0 Å². The first-order valence-electron chi connectivity index (χ1n) is 6.03. The second-order valence-electron chi connectivity index (χ2n) is 5.13. The van der Waals surface area contributed by atoms with Crippen LogP contribution in [0.2, 0.25) is 0 Å². The molecule has 0 aliphatic carbocycles. The summed E-state index contributed by atoms with van der Waals surface area (Å²) in [5.41, 5.74) is 0. The molecule has 0 amide bonds. The molecule has 0 saturated carbocycles. The monoisotopic (exact) mass is 198 g/mol. The fourth-order valence-corrected chi connectivity index (χ4v) is 2.42. The van der Waals surface area contributed by atoms with Crippen molar-refractivity contribution in [1.29, 1.82) is 0 Å². The average Bonchev–Trinajstić information content (AvgIpc) is 2.16. The first-order valence-corrected chi connectivity index (χ1v) is 6.03. The maximum Gasteiger partial charge on any atom is 0.00762 e. The van der Waals surface area contributed by atoms with Gasteiger partial charge in [-0.1, -0.05) is 13.8 Å². The van der Waals surface area contributed by atoms with Crippen LogP contribution in [-0.2, 0) is 0 Å². The molecule has 14 heavy (non-hydrogen) atoms. The Kier molecular flexibility index (Phi) is 4.90. The minimum atomic E-state index is 0.671. The SMILES string of the molecule is CNC(C)C1CCCN(CC(C)C)C1. The maximum absolute atomic E-state index is 3.38. The Balaban J connectivity index is 2.35. The van der Waals surface area contributed by atoms with Crippen LogP contribution >= 0.6 is 0 Å². The highest BCUT2D eigenvalue weighted by Crippen LogP contribution is 2.20. The zero-order valence-electron chi connectivity index (χ0n) is 10.2. The maximum atomic E-state index is 3.38. The highest BCUT2D eigenvalue weighted by Gasteiger charge is 2.23. The van der Waals surface area contributed by atoms with Gasteiger partial charge in [-0.3, -0.25) is 0 Å². The summed E-state index contributed by atoms with van der Waals surface area (Å²) in [4.78, 5) is 2.63. The van der Waals surface area contributed by atoms with E-state index in [1.54, 1.807) is 0 Å². The molecule has 1 fully saturated rings. The van der Waals surface area contributed by atoms with Gasteiger partial charge in [0.05, 0.1) is 0 Å². The van der Waals surface area contributed by atoms with Gasteiger partial charge in [0, 0.05) is 19.1 Å². The van der Waals surface area contributed by atoms with Gasteiger partial charge in [-0.15, -0.1) is 0 Å². The predicted octanol–water partition coefficient (Wildman–Crippen LogP) is 1.96. The van der Waals surface area contributed by atoms with Crippen LogP contribution < -0.4 is 5.32 Å². The van der Waals surface area contributed by atoms with E-state index < -0.39 is 0 Å². The average molecular weight is 198 g/mol. The lowest BCUT2D eigenvalue weighted by Crippen LogP contribution is -2.44. The first-order chi connectivity index (χ1) is 6.63. The number of likely N-dealkylation sites (tertiary alicyclic amines) is 1. The van der Waals surface area contributed by atoms with Crippen LogP contribution in [0, 0.1) is 11.8 Å². The van der Waals surface area contributed by atoms with Crippen molar-refractivity contribution in [1.82, 2.24) is 10.2 Å². The minimum Gasteiger partial charge on any atom is -0.317 e. The summed E-state index contributed by atoms with van der Waals surface area (Å²) in [5.74, 6) is 1.66. The molecule has 0 aromatic rings. The molecular weight excluding hydrogens is 172 g/mol. The number of hydrogen-bond acceptors (Lipinski definition) is 2. The van der Waals surface area contributed by atoms with Crippen LogP contribution in [0.1, 0.15) is 33.6 Å². The summed E-state index contributed by atoms with van der Waals surface area (Å²) in [5, 5.41) is 3.38. The smallest absolute Gasteiger partial charge is 0.00762 e. The Morgan fingerprint density at radius 1 is 1.36 bits per heavy atom. The third-order valence-corrected chi connectivity index (χ3v) is 3.33. The van der Waals surface area contributed by atoms with Crippen molar-refractivity contribution in [2.45, 2.75) is 39.7 Å². The summed E-state index contributed by atoms with van der Waals surface area (Å²) in [6.45, 7) is 10.8. The number of nitrogens with one attached hydrogen (secondary N) is 1. The van der Waals surface area contributed by atoms with E-state index in [0.717, 1.165) is 11.8 Å². The van der Waals surface area contributed by atoms with Gasteiger partial charge in [0.25, 0.3) is 0 Å². The van der Waals surface area contributed by atoms with Crippen molar-refractivity contribution >= 4 is 0 Å². The summed E-state index contributed by atoms with van der Waals surface area (Å²) >= 11 is 0. The van der Waals surface area contributed by atoms with Gasteiger partial charge in [-0.25, -0.2) is 0 Å². The van der Waals surface area contributed by atoms with E-state index in [1.165, 1.54) is 32.5 Å². The van der Waals surface area contributed by atoms with E-state index in [9.17, 15) is 0 Å². The molecule has 84 valence electrons. The van der Waals surface area contributed by atoms with Gasteiger partial charge >= 0.3 is 0 Å². The van der Waals surface area contributed by atoms with Crippen molar-refractivity contribution in [2.24, 2.45) is 11.8 Å². The molecule has 0 radical (unpaired) electrons. The Labute approximate surface area is 89.1 Å². The van der Waals surface area contributed by atoms with Gasteiger partial charge in [-0.2, -0.15) is 0 Å². The molecule has 1 rings (SSSR count). The van der Waals surface area contributed by atoms with Gasteiger partial charge in [0.15, 0.2) is 0 Å². The molecule has 1 heterocycles. The third kappa shape index (κ3) is 3.58. The highest BCUT2D eigenvalue weighted by molar-refractivity contribution is 4.79. The lowest BCUT2D eigenvalue weighted by molar-refractivity contribution is 0.140. The summed E-state index contributed by atoms with van der Waals surface area (Å²) in [6.07, 6.45) is 2.78. The zero-order valence-corrected chi connectivity index (χ0v) is 10.2. The van der Waals surface area contributed by atoms with Crippen LogP contribution in [0.25, 0.3) is 0 Å². The molecule has 1 aliphatic heterocycles. The van der Waals surface area contributed by atoms with Crippen molar-refractivity contribution in [3.63, 3.8) is 0 Å². The number of hydrogen-bond donors (Lipinski definition) is 1. The molecule has 2 unspecified atom stereocenters. The lowest BCUT2D eigenvalue weighted by atomic mass is 9.91. The molecule has 0 aromatic heterocycles. The number of rotatable bonds is 4. The van der Waals surface area contributed by atoms with E-state index >= 15 is 0 Å². The van der Waals surface area contributed by atoms with E-state index in [-0.39, 0.29) is 0 Å². The number of piperidine rings is 1. The van der Waals surface area contributed by atoms with Gasteiger partial charge in [-0.05, 0) is 45.2 Å². The Morgan fingerprint density at radius 2 is 2.07 bits per heavy atom. The van der Waals surface area contributed by atoms with Crippen LogP contribution in [0.4, 0.5) is 0 Å². The standard InChI is InChI=1S/C12H26N2/c1-10(2)8-14-7-5-6-12(9-14)11(3)13-4/h10-13H,5-9H2,1-4H3. The second kappa shape index (κ2) is 5.72. The first kappa shape index (κ1) is 12.0. The summed E-state index contributed by atoms with van der Waals surface area (Å²) in [7, 11) is 2.08. The number of nitrogens with zero attached hydrogens (tertiary/aromatic N) is 1. The van der Waals surface area contributed by atoms with Gasteiger partial charge in [0.1, 0.15) is 0 Å². The fourth-order valence-electron chi connectivity index (χ4n) is 2.42. The molecular formula is C12H26N2. The summed E-state index contributed by atoms with van der Waals surface area (Å²) < 4.78 is 0. The fraction of sp³-hybridized carbons (Fsp3) is 1.00. The van der Waals surface area contributed by atoms with Crippen molar-refractivity contribution in [3.05, 3.63) is 0 Å². The molecule has 1 aliphatic rings. The normalized spacial score (nSPS) is 26.8. The molecule has 1 N–H and O–H groups in total. The molecule has 0 bridgehead atoms. The van der Waals surface area contributed by atoms with Crippen molar-refractivity contribution < 1.29 is 0 Å². The highest BCUT2D eigenvalue weighted by atomic mass is 15.1. The Bertz CT molecular complexity index is 156. The van der Waals surface area contributed by atoms with E-state index in [4.69, 9.17) is 0 Å². The van der Waals surface area contributed by atoms with Crippen molar-refractivity contribution in [2.75, 3.05) is 26.7 Å². The van der Waals surface area contributed by atoms with Crippen LogP contribution in [-0.4, -0.2) is 37.6 Å². The Hall–Kier alpha value is -0.0800. The molecule has 2 heteroatoms. The van der Waals surface area contributed by atoms with Crippen LogP contribution in [0.15, 0.2) is 0 Å². The topological polar surface area (TPSA) is 15.3 Å². The van der Waals surface area contributed by atoms with Crippen molar-refractivity contribution in [3.8, 4) is 0 Å². The van der Waals surface area contributed by atoms with Gasteiger partial charge in [0.2, 0.25) is 0 Å².